The van der Waals surface area contributed by atoms with Gasteiger partial charge in [0.15, 0.2) is 0 Å². The third-order valence-corrected chi connectivity index (χ3v) is 4.92. The number of carboxylic acid groups (broad SMARTS) is 1. The number of hydrogen-bond acceptors (Lipinski definition) is 3. The number of aromatic nitrogens is 4. The zero-order valence-corrected chi connectivity index (χ0v) is 15.6. The first kappa shape index (κ1) is 16.9. The van der Waals surface area contributed by atoms with Gasteiger partial charge in [0.25, 0.3) is 0 Å². The van der Waals surface area contributed by atoms with Crippen LogP contribution in [0.15, 0.2) is 30.7 Å². The summed E-state index contributed by atoms with van der Waals surface area (Å²) in [6, 6.07) is 3.62. The Hall–Kier alpha value is -1.47. The molecule has 8 heteroatoms. The summed E-state index contributed by atoms with van der Waals surface area (Å²) in [5.41, 5.74) is 2.64. The molecule has 0 amide bonds. The topological polar surface area (TPSA) is 72.9 Å². The summed E-state index contributed by atoms with van der Waals surface area (Å²) in [6.45, 7) is 4.00. The average molecular weight is 430 g/mol. The highest BCUT2D eigenvalue weighted by Gasteiger charge is 2.14. The van der Waals surface area contributed by atoms with Gasteiger partial charge in [-0.1, -0.05) is 13.8 Å². The van der Waals surface area contributed by atoms with Gasteiger partial charge in [-0.15, -0.1) is 0 Å². The Morgan fingerprint density at radius 3 is 2.64 bits per heavy atom. The summed E-state index contributed by atoms with van der Waals surface area (Å²) in [7, 11) is 1.79. The van der Waals surface area contributed by atoms with Crippen molar-refractivity contribution in [1.82, 2.24) is 19.1 Å². The van der Waals surface area contributed by atoms with Gasteiger partial charge in [0, 0.05) is 30.4 Å². The van der Waals surface area contributed by atoms with Crippen LogP contribution in [0.2, 0.25) is 0 Å². The summed E-state index contributed by atoms with van der Waals surface area (Å²) in [5.74, 6) is -0.941. The standard InChI is InChI=1S/C12H10IN4O2P.C2H6/c1-16-6-9(12(18)19)8-2-3-10(15-11(8)16)7-4-14-17(5-7)20-13;1-2/h2-6,20H,1H3,(H,18,19);1-2H3. The summed E-state index contributed by atoms with van der Waals surface area (Å²) in [6.07, 6.45) is 5.82. The molecule has 3 rings (SSSR count). The van der Waals surface area contributed by atoms with E-state index in [4.69, 9.17) is 5.11 Å². The molecular weight excluding hydrogens is 414 g/mol. The van der Waals surface area contributed by atoms with E-state index in [-0.39, 0.29) is 5.56 Å². The van der Waals surface area contributed by atoms with Crippen LogP contribution in [-0.4, -0.2) is 30.2 Å². The number of aromatic carboxylic acids is 1. The van der Waals surface area contributed by atoms with Crippen LogP contribution in [0.3, 0.4) is 0 Å². The minimum absolute atomic E-state index is 0.269. The van der Waals surface area contributed by atoms with Crippen molar-refractivity contribution in [2.45, 2.75) is 13.8 Å². The zero-order valence-electron chi connectivity index (χ0n) is 12.4. The van der Waals surface area contributed by atoms with Crippen molar-refractivity contribution >= 4 is 45.4 Å². The fourth-order valence-corrected chi connectivity index (χ4v) is 3.17. The molecule has 0 fully saturated rings. The van der Waals surface area contributed by atoms with E-state index in [0.29, 0.717) is 17.4 Å². The summed E-state index contributed by atoms with van der Waals surface area (Å²) >= 11 is 2.25. The van der Waals surface area contributed by atoms with Crippen LogP contribution < -0.4 is 0 Å². The van der Waals surface area contributed by atoms with Crippen LogP contribution >= 0.6 is 28.4 Å². The maximum atomic E-state index is 11.2. The van der Waals surface area contributed by atoms with E-state index in [1.807, 2.05) is 30.6 Å². The highest BCUT2D eigenvalue weighted by atomic mass is 127. The maximum absolute atomic E-state index is 11.2. The molecule has 3 aromatic rings. The highest BCUT2D eigenvalue weighted by molar-refractivity contribution is 14.2. The van der Waals surface area contributed by atoms with Gasteiger partial charge in [0.05, 0.1) is 23.8 Å². The molecule has 1 N–H and O–H groups in total. The molecule has 0 radical (unpaired) electrons. The van der Waals surface area contributed by atoms with Gasteiger partial charge in [-0.25, -0.2) is 14.2 Å². The van der Waals surface area contributed by atoms with E-state index < -0.39 is 5.97 Å². The van der Waals surface area contributed by atoms with Crippen LogP contribution in [-0.2, 0) is 7.05 Å². The first-order valence-corrected chi connectivity index (χ1v) is 10.8. The first-order valence-electron chi connectivity index (χ1n) is 6.71. The molecule has 1 unspecified atom stereocenters. The molecule has 1 atom stereocenters. The largest absolute Gasteiger partial charge is 0.478 e. The van der Waals surface area contributed by atoms with Crippen molar-refractivity contribution < 1.29 is 9.90 Å². The van der Waals surface area contributed by atoms with Gasteiger partial charge in [0.2, 0.25) is 0 Å². The van der Waals surface area contributed by atoms with Crippen LogP contribution in [0.25, 0.3) is 22.3 Å². The van der Waals surface area contributed by atoms with Crippen molar-refractivity contribution in [3.63, 3.8) is 0 Å². The number of halogens is 1. The first-order chi connectivity index (χ1) is 10.6. The Labute approximate surface area is 142 Å². The average Bonchev–Trinajstić information content (AvgIpc) is 3.14. The van der Waals surface area contributed by atoms with Gasteiger partial charge in [0.1, 0.15) is 5.65 Å². The molecule has 3 heterocycles. The molecule has 116 valence electrons. The van der Waals surface area contributed by atoms with Crippen LogP contribution in [0.5, 0.6) is 0 Å². The molecule has 0 bridgehead atoms. The van der Waals surface area contributed by atoms with E-state index in [1.165, 1.54) is 0 Å². The Bertz CT molecular complexity index is 812. The number of pyridine rings is 1. The number of rotatable bonds is 3. The molecule has 0 saturated carbocycles. The van der Waals surface area contributed by atoms with Crippen LogP contribution in [0.4, 0.5) is 0 Å². The van der Waals surface area contributed by atoms with Crippen molar-refractivity contribution in [1.29, 1.82) is 0 Å². The van der Waals surface area contributed by atoms with E-state index in [0.717, 1.165) is 11.3 Å². The third kappa shape index (κ3) is 3.15. The maximum Gasteiger partial charge on any atom is 0.337 e. The van der Waals surface area contributed by atoms with Gasteiger partial charge in [-0.2, -0.15) is 5.10 Å². The predicted molar refractivity (Wildman–Crippen MR) is 98.0 cm³/mol. The second-order valence-electron chi connectivity index (χ2n) is 4.28. The van der Waals surface area contributed by atoms with Crippen molar-refractivity contribution in [3.05, 3.63) is 36.3 Å². The lowest BCUT2D eigenvalue weighted by Gasteiger charge is -1.99. The van der Waals surface area contributed by atoms with E-state index in [1.54, 1.807) is 30.1 Å². The third-order valence-electron chi connectivity index (χ3n) is 3.02. The SMILES string of the molecule is CC.Cn1cc(C(=O)O)c2ccc(-c3cnn(PI)c3)nc21. The highest BCUT2D eigenvalue weighted by Crippen LogP contribution is 2.27. The zero-order chi connectivity index (χ0) is 16.3. The van der Waals surface area contributed by atoms with Gasteiger partial charge in [-0.3, -0.25) is 0 Å². The normalized spacial score (nSPS) is 10.9. The fourth-order valence-electron chi connectivity index (χ4n) is 2.08. The number of carboxylic acids is 1. The minimum atomic E-state index is -0.941. The van der Waals surface area contributed by atoms with Crippen molar-refractivity contribution in [2.75, 3.05) is 0 Å². The number of fused-ring (bicyclic) bond motifs is 1. The van der Waals surface area contributed by atoms with Gasteiger partial charge >= 0.3 is 5.97 Å². The number of aryl methyl sites for hydroxylation is 1. The van der Waals surface area contributed by atoms with Gasteiger partial charge in [-0.05, 0) is 34.2 Å². The lowest BCUT2D eigenvalue weighted by molar-refractivity contribution is 0.0699. The number of hydrogen-bond donors (Lipinski definition) is 1. The molecular formula is C14H16IN4O2P. The summed E-state index contributed by atoms with van der Waals surface area (Å²) < 4.78 is 3.57. The summed E-state index contributed by atoms with van der Waals surface area (Å²) in [5, 5.41) is 14.0. The number of carbonyl (C=O) groups is 1. The molecule has 0 aliphatic carbocycles. The van der Waals surface area contributed by atoms with Crippen molar-refractivity contribution in [3.8, 4) is 11.3 Å². The second kappa shape index (κ2) is 7.19. The minimum Gasteiger partial charge on any atom is -0.478 e. The van der Waals surface area contributed by atoms with Crippen LogP contribution in [0, 0.1) is 0 Å². The molecule has 3 aromatic heterocycles. The Morgan fingerprint density at radius 1 is 1.32 bits per heavy atom. The fraction of sp³-hybridized carbons (Fsp3) is 0.214. The Kier molecular flexibility index (Phi) is 5.52. The molecule has 0 aliphatic rings. The van der Waals surface area contributed by atoms with E-state index in [9.17, 15) is 4.79 Å². The Morgan fingerprint density at radius 2 is 2.05 bits per heavy atom. The smallest absolute Gasteiger partial charge is 0.337 e. The molecule has 0 aromatic carbocycles. The van der Waals surface area contributed by atoms with E-state index >= 15 is 0 Å². The quantitative estimate of drug-likeness (QED) is 0.505. The lowest BCUT2D eigenvalue weighted by atomic mass is 10.2. The molecule has 6 nitrogen and oxygen atoms in total. The molecule has 0 aliphatic heterocycles. The Balaban J connectivity index is 0.000000847. The lowest BCUT2D eigenvalue weighted by Crippen LogP contribution is -1.93. The van der Waals surface area contributed by atoms with Crippen LogP contribution in [0.1, 0.15) is 24.2 Å². The van der Waals surface area contributed by atoms with E-state index in [2.05, 4.69) is 32.1 Å². The monoisotopic (exact) mass is 430 g/mol. The van der Waals surface area contributed by atoms with Crippen molar-refractivity contribution in [2.24, 2.45) is 7.05 Å². The molecule has 0 spiro atoms. The van der Waals surface area contributed by atoms with Gasteiger partial charge < -0.3 is 9.67 Å². The summed E-state index contributed by atoms with van der Waals surface area (Å²) in [4.78, 5) is 15.7. The predicted octanol–water partition coefficient (Wildman–Crippen LogP) is 3.95. The number of nitrogens with zero attached hydrogens (tertiary/aromatic N) is 4. The molecule has 22 heavy (non-hydrogen) atoms. The molecule has 0 saturated heterocycles. The second-order valence-corrected chi connectivity index (χ2v) is 6.36.